The van der Waals surface area contributed by atoms with Crippen LogP contribution in [-0.4, -0.2) is 9.97 Å². The van der Waals surface area contributed by atoms with Gasteiger partial charge in [0.05, 0.1) is 23.3 Å². The van der Waals surface area contributed by atoms with Crippen LogP contribution in [0.4, 0.5) is 0 Å². The molecule has 5 aromatic carbocycles. The van der Waals surface area contributed by atoms with Crippen LogP contribution in [0.15, 0.2) is 140 Å². The molecule has 0 saturated heterocycles. The van der Waals surface area contributed by atoms with E-state index < -0.39 is 0 Å². The van der Waals surface area contributed by atoms with E-state index in [0.29, 0.717) is 0 Å². The number of hydrogen-bond donors (Lipinski definition) is 0. The number of benzene rings is 5. The van der Waals surface area contributed by atoms with Crippen molar-refractivity contribution in [1.29, 1.82) is 0 Å². The topological polar surface area (TPSA) is 25.8 Å². The van der Waals surface area contributed by atoms with Gasteiger partial charge in [-0.3, -0.25) is 4.98 Å². The van der Waals surface area contributed by atoms with E-state index in [9.17, 15) is 0 Å². The standard InChI is InChI=1S/C35H26N2/c1-25-14-13-23-30(27-17-7-3-8-18-27)33(25)35-34(37-32(24-36-35)28-19-9-4-10-20-28)31-22-12-11-21-29(31)26-15-5-2-6-16-26/h2-24H,1H3. The lowest BCUT2D eigenvalue weighted by Gasteiger charge is -2.18. The highest BCUT2D eigenvalue weighted by Gasteiger charge is 2.20. The largest absolute Gasteiger partial charge is 0.252 e. The van der Waals surface area contributed by atoms with E-state index in [4.69, 9.17) is 9.97 Å². The fourth-order valence-electron chi connectivity index (χ4n) is 4.91. The Bertz CT molecular complexity index is 1660. The summed E-state index contributed by atoms with van der Waals surface area (Å²) >= 11 is 0. The third kappa shape index (κ3) is 4.46. The summed E-state index contributed by atoms with van der Waals surface area (Å²) in [5.74, 6) is 0. The minimum absolute atomic E-state index is 0.858. The van der Waals surface area contributed by atoms with Gasteiger partial charge in [0.25, 0.3) is 0 Å². The van der Waals surface area contributed by atoms with Crippen molar-refractivity contribution in [2.75, 3.05) is 0 Å². The average Bonchev–Trinajstić information content (AvgIpc) is 2.98. The van der Waals surface area contributed by atoms with E-state index in [1.165, 1.54) is 5.56 Å². The molecule has 176 valence electrons. The fraction of sp³-hybridized carbons (Fsp3) is 0.0286. The lowest BCUT2D eigenvalue weighted by atomic mass is 9.89. The first-order valence-corrected chi connectivity index (χ1v) is 12.5. The van der Waals surface area contributed by atoms with Crippen LogP contribution in [-0.2, 0) is 0 Å². The van der Waals surface area contributed by atoms with E-state index in [0.717, 1.165) is 56.0 Å². The van der Waals surface area contributed by atoms with Gasteiger partial charge in [-0.2, -0.15) is 0 Å². The predicted octanol–water partition coefficient (Wildman–Crippen LogP) is 9.12. The van der Waals surface area contributed by atoms with Crippen LogP contribution in [0.5, 0.6) is 0 Å². The fourth-order valence-corrected chi connectivity index (χ4v) is 4.91. The molecule has 6 rings (SSSR count). The van der Waals surface area contributed by atoms with Crippen molar-refractivity contribution >= 4 is 0 Å². The van der Waals surface area contributed by atoms with E-state index in [2.05, 4.69) is 116 Å². The van der Waals surface area contributed by atoms with Gasteiger partial charge >= 0.3 is 0 Å². The molecule has 0 atom stereocenters. The number of aromatic nitrogens is 2. The molecule has 0 aliphatic rings. The Labute approximate surface area is 218 Å². The second-order valence-corrected chi connectivity index (χ2v) is 9.09. The second kappa shape index (κ2) is 10.0. The summed E-state index contributed by atoms with van der Waals surface area (Å²) in [5.41, 5.74) is 11.6. The van der Waals surface area contributed by atoms with Crippen molar-refractivity contribution in [3.8, 4) is 56.0 Å². The number of rotatable bonds is 5. The van der Waals surface area contributed by atoms with Crippen LogP contribution in [0.3, 0.4) is 0 Å². The summed E-state index contributed by atoms with van der Waals surface area (Å²) in [6.45, 7) is 2.15. The Balaban J connectivity index is 1.66. The van der Waals surface area contributed by atoms with Crippen LogP contribution >= 0.6 is 0 Å². The molecule has 0 N–H and O–H groups in total. The van der Waals surface area contributed by atoms with Gasteiger partial charge in [-0.25, -0.2) is 4.98 Å². The van der Waals surface area contributed by atoms with Crippen LogP contribution in [0.1, 0.15) is 5.56 Å². The number of nitrogens with zero attached hydrogens (tertiary/aromatic N) is 2. The summed E-state index contributed by atoms with van der Waals surface area (Å²) < 4.78 is 0. The zero-order chi connectivity index (χ0) is 25.0. The molecule has 0 aliphatic heterocycles. The zero-order valence-electron chi connectivity index (χ0n) is 20.7. The number of aryl methyl sites for hydroxylation is 1. The molecule has 37 heavy (non-hydrogen) atoms. The summed E-state index contributed by atoms with van der Waals surface area (Å²) in [6.07, 6.45) is 1.90. The minimum Gasteiger partial charge on any atom is -0.252 e. The molecular weight excluding hydrogens is 448 g/mol. The first kappa shape index (κ1) is 22.6. The summed E-state index contributed by atoms with van der Waals surface area (Å²) in [5, 5.41) is 0. The number of hydrogen-bond acceptors (Lipinski definition) is 2. The SMILES string of the molecule is Cc1cccc(-c2ccccc2)c1-c1ncc(-c2ccccc2)nc1-c1ccccc1-c1ccccc1. The zero-order valence-corrected chi connectivity index (χ0v) is 20.7. The second-order valence-electron chi connectivity index (χ2n) is 9.09. The van der Waals surface area contributed by atoms with E-state index in [1.54, 1.807) is 0 Å². The maximum atomic E-state index is 5.29. The third-order valence-corrected chi connectivity index (χ3v) is 6.70. The van der Waals surface area contributed by atoms with Crippen molar-refractivity contribution in [2.45, 2.75) is 6.92 Å². The summed E-state index contributed by atoms with van der Waals surface area (Å²) in [7, 11) is 0. The molecule has 0 aliphatic carbocycles. The smallest absolute Gasteiger partial charge is 0.0979 e. The molecule has 0 saturated carbocycles. The monoisotopic (exact) mass is 474 g/mol. The van der Waals surface area contributed by atoms with E-state index >= 15 is 0 Å². The Hall–Kier alpha value is -4.82. The molecule has 0 spiro atoms. The molecule has 0 fully saturated rings. The van der Waals surface area contributed by atoms with Crippen LogP contribution < -0.4 is 0 Å². The summed E-state index contributed by atoms with van der Waals surface area (Å²) in [6, 6.07) is 46.2. The van der Waals surface area contributed by atoms with Crippen molar-refractivity contribution in [1.82, 2.24) is 9.97 Å². The Morgan fingerprint density at radius 2 is 0.946 bits per heavy atom. The van der Waals surface area contributed by atoms with E-state index in [1.807, 2.05) is 30.5 Å². The molecule has 0 amide bonds. The van der Waals surface area contributed by atoms with Gasteiger partial charge < -0.3 is 0 Å². The highest BCUT2D eigenvalue weighted by Crippen LogP contribution is 2.41. The van der Waals surface area contributed by atoms with E-state index in [-0.39, 0.29) is 0 Å². The van der Waals surface area contributed by atoms with Crippen molar-refractivity contribution in [3.05, 3.63) is 145 Å². The summed E-state index contributed by atoms with van der Waals surface area (Å²) in [4.78, 5) is 10.4. The van der Waals surface area contributed by atoms with Gasteiger partial charge in [0, 0.05) is 16.7 Å². The predicted molar refractivity (Wildman–Crippen MR) is 154 cm³/mol. The van der Waals surface area contributed by atoms with Crippen molar-refractivity contribution in [3.63, 3.8) is 0 Å². The Morgan fingerprint density at radius 1 is 0.432 bits per heavy atom. The highest BCUT2D eigenvalue weighted by atomic mass is 14.8. The molecule has 0 bridgehead atoms. The first-order chi connectivity index (χ1) is 18.3. The Morgan fingerprint density at radius 3 is 1.59 bits per heavy atom. The lowest BCUT2D eigenvalue weighted by molar-refractivity contribution is 1.21. The first-order valence-electron chi connectivity index (χ1n) is 12.5. The molecule has 1 heterocycles. The normalized spacial score (nSPS) is 10.8. The molecular formula is C35H26N2. The third-order valence-electron chi connectivity index (χ3n) is 6.70. The van der Waals surface area contributed by atoms with Crippen LogP contribution in [0.25, 0.3) is 56.0 Å². The molecule has 2 heteroatoms. The maximum Gasteiger partial charge on any atom is 0.0979 e. The van der Waals surface area contributed by atoms with Gasteiger partial charge in [-0.1, -0.05) is 133 Å². The van der Waals surface area contributed by atoms with Crippen molar-refractivity contribution in [2.24, 2.45) is 0 Å². The quantitative estimate of drug-likeness (QED) is 0.249. The van der Waals surface area contributed by atoms with Gasteiger partial charge in [0.1, 0.15) is 0 Å². The van der Waals surface area contributed by atoms with Crippen LogP contribution in [0, 0.1) is 6.92 Å². The van der Waals surface area contributed by atoms with Gasteiger partial charge in [0.15, 0.2) is 0 Å². The minimum atomic E-state index is 0.858. The Kier molecular flexibility index (Phi) is 6.14. The van der Waals surface area contributed by atoms with Crippen LogP contribution in [0.2, 0.25) is 0 Å². The molecule has 0 radical (unpaired) electrons. The van der Waals surface area contributed by atoms with Gasteiger partial charge in [0.2, 0.25) is 0 Å². The molecule has 1 aromatic heterocycles. The molecule has 6 aromatic rings. The maximum absolute atomic E-state index is 5.29. The molecule has 0 unspecified atom stereocenters. The highest BCUT2D eigenvalue weighted by molar-refractivity contribution is 5.94. The van der Waals surface area contributed by atoms with Crippen molar-refractivity contribution < 1.29 is 0 Å². The average molecular weight is 475 g/mol. The lowest BCUT2D eigenvalue weighted by Crippen LogP contribution is -2.00. The van der Waals surface area contributed by atoms with Gasteiger partial charge in [-0.15, -0.1) is 0 Å². The van der Waals surface area contributed by atoms with Gasteiger partial charge in [-0.05, 0) is 34.7 Å². The molecule has 2 nitrogen and oxygen atoms in total.